The van der Waals surface area contributed by atoms with Gasteiger partial charge in [0.2, 0.25) is 5.91 Å². The largest absolute Gasteiger partial charge is 0.480 e. The lowest BCUT2D eigenvalue weighted by Crippen LogP contribution is -2.33. The number of carbonyl (C=O) groups excluding carboxylic acids is 1. The minimum atomic E-state index is -1.04. The molecule has 0 unspecified atom stereocenters. The molecule has 94 valence electrons. The van der Waals surface area contributed by atoms with Crippen molar-refractivity contribution in [2.45, 2.75) is 12.6 Å². The lowest BCUT2D eigenvalue weighted by Gasteiger charge is -2.06. The van der Waals surface area contributed by atoms with Crippen LogP contribution in [-0.2, 0) is 16.1 Å². The molecular formula is C10H14N2O3S2. The second kappa shape index (κ2) is 7.31. The number of hydrogen-bond acceptors (Lipinski definition) is 5. The number of carbonyl (C=O) groups is 2. The van der Waals surface area contributed by atoms with Gasteiger partial charge in [0.15, 0.2) is 0 Å². The molecular weight excluding hydrogens is 260 g/mol. The maximum Gasteiger partial charge on any atom is 0.321 e. The summed E-state index contributed by atoms with van der Waals surface area (Å²) in [6.07, 6.45) is 0. The van der Waals surface area contributed by atoms with Crippen molar-refractivity contribution in [2.75, 3.05) is 11.5 Å². The van der Waals surface area contributed by atoms with E-state index in [1.165, 1.54) is 11.8 Å². The van der Waals surface area contributed by atoms with E-state index in [0.29, 0.717) is 6.54 Å². The Labute approximate surface area is 107 Å². The molecule has 1 amide bonds. The molecule has 0 bridgehead atoms. The minimum Gasteiger partial charge on any atom is -0.480 e. The number of hydrogen-bond donors (Lipinski definition) is 3. The number of aliphatic carboxylic acids is 1. The van der Waals surface area contributed by atoms with Crippen LogP contribution in [0.2, 0.25) is 0 Å². The molecule has 1 heterocycles. The highest BCUT2D eigenvalue weighted by Gasteiger charge is 2.12. The number of nitrogens with one attached hydrogen (secondary N) is 1. The van der Waals surface area contributed by atoms with Crippen molar-refractivity contribution in [3.63, 3.8) is 0 Å². The lowest BCUT2D eigenvalue weighted by atomic mass is 10.4. The van der Waals surface area contributed by atoms with E-state index in [1.54, 1.807) is 11.3 Å². The normalized spacial score (nSPS) is 12.1. The van der Waals surface area contributed by atoms with Gasteiger partial charge in [0, 0.05) is 10.6 Å². The van der Waals surface area contributed by atoms with Crippen molar-refractivity contribution < 1.29 is 14.7 Å². The fourth-order valence-corrected chi connectivity index (χ4v) is 2.45. The van der Waals surface area contributed by atoms with E-state index in [2.05, 4.69) is 5.32 Å². The molecule has 17 heavy (non-hydrogen) atoms. The summed E-state index contributed by atoms with van der Waals surface area (Å²) < 4.78 is 0. The highest BCUT2D eigenvalue weighted by Crippen LogP contribution is 2.07. The average Bonchev–Trinajstić information content (AvgIpc) is 2.78. The van der Waals surface area contributed by atoms with Crippen LogP contribution in [0, 0.1) is 0 Å². The van der Waals surface area contributed by atoms with Crippen LogP contribution in [0.5, 0.6) is 0 Å². The summed E-state index contributed by atoms with van der Waals surface area (Å²) in [5.74, 6) is -0.689. The number of thiophene rings is 1. The average molecular weight is 274 g/mol. The van der Waals surface area contributed by atoms with E-state index < -0.39 is 12.0 Å². The highest BCUT2D eigenvalue weighted by atomic mass is 32.2. The number of rotatable bonds is 7. The van der Waals surface area contributed by atoms with Crippen LogP contribution in [0.3, 0.4) is 0 Å². The SMILES string of the molecule is N[C@@H](CSCC(=O)NCc1cccs1)C(=O)O. The van der Waals surface area contributed by atoms with Crippen molar-refractivity contribution in [3.8, 4) is 0 Å². The summed E-state index contributed by atoms with van der Waals surface area (Å²) in [4.78, 5) is 22.9. The molecule has 5 nitrogen and oxygen atoms in total. The van der Waals surface area contributed by atoms with Gasteiger partial charge in [-0.3, -0.25) is 9.59 Å². The van der Waals surface area contributed by atoms with Crippen LogP contribution in [0.1, 0.15) is 4.88 Å². The minimum absolute atomic E-state index is 0.110. The second-order valence-electron chi connectivity index (χ2n) is 3.32. The molecule has 0 aromatic carbocycles. The Balaban J connectivity index is 2.11. The number of carboxylic acid groups (broad SMARTS) is 1. The molecule has 1 aromatic rings. The van der Waals surface area contributed by atoms with Crippen molar-refractivity contribution in [1.82, 2.24) is 5.32 Å². The van der Waals surface area contributed by atoms with Crippen molar-refractivity contribution in [2.24, 2.45) is 5.73 Å². The van der Waals surface area contributed by atoms with Gasteiger partial charge in [-0.25, -0.2) is 0 Å². The van der Waals surface area contributed by atoms with E-state index in [-0.39, 0.29) is 17.4 Å². The third-order valence-corrected chi connectivity index (χ3v) is 3.83. The van der Waals surface area contributed by atoms with Gasteiger partial charge in [-0.05, 0) is 11.4 Å². The predicted molar refractivity (Wildman–Crippen MR) is 69.1 cm³/mol. The Morgan fingerprint density at radius 2 is 2.35 bits per heavy atom. The first-order valence-corrected chi connectivity index (χ1v) is 6.98. The summed E-state index contributed by atoms with van der Waals surface area (Å²) in [5, 5.41) is 13.2. The Bertz CT molecular complexity index is 368. The molecule has 0 spiro atoms. The Hall–Kier alpha value is -1.05. The van der Waals surface area contributed by atoms with Gasteiger partial charge in [-0.2, -0.15) is 0 Å². The molecule has 4 N–H and O–H groups in total. The van der Waals surface area contributed by atoms with Gasteiger partial charge in [-0.15, -0.1) is 23.1 Å². The summed E-state index contributed by atoms with van der Waals surface area (Å²) in [5.41, 5.74) is 5.30. The van der Waals surface area contributed by atoms with Gasteiger partial charge < -0.3 is 16.2 Å². The monoisotopic (exact) mass is 274 g/mol. The number of carboxylic acids is 1. The quantitative estimate of drug-likeness (QED) is 0.673. The Morgan fingerprint density at radius 3 is 2.94 bits per heavy atom. The van der Waals surface area contributed by atoms with E-state index in [1.807, 2.05) is 17.5 Å². The molecule has 0 radical (unpaired) electrons. The topological polar surface area (TPSA) is 92.4 Å². The standard InChI is InChI=1S/C10H14N2O3S2/c11-8(10(14)15)5-16-6-9(13)12-4-7-2-1-3-17-7/h1-3,8H,4-6,11H2,(H,12,13)(H,14,15)/t8-/m0/s1. The Kier molecular flexibility index (Phi) is 6.03. The molecule has 1 rings (SSSR count). The zero-order valence-electron chi connectivity index (χ0n) is 9.09. The third-order valence-electron chi connectivity index (χ3n) is 1.89. The second-order valence-corrected chi connectivity index (χ2v) is 5.38. The fourth-order valence-electron chi connectivity index (χ4n) is 1.000. The molecule has 0 aliphatic carbocycles. The third kappa shape index (κ3) is 5.71. The molecule has 1 atom stereocenters. The van der Waals surface area contributed by atoms with Crippen molar-refractivity contribution in [1.29, 1.82) is 0 Å². The van der Waals surface area contributed by atoms with E-state index in [0.717, 1.165) is 4.88 Å². The zero-order valence-corrected chi connectivity index (χ0v) is 10.7. The molecule has 0 saturated carbocycles. The van der Waals surface area contributed by atoms with Crippen molar-refractivity contribution >= 4 is 35.0 Å². The van der Waals surface area contributed by atoms with Crippen LogP contribution >= 0.6 is 23.1 Å². The van der Waals surface area contributed by atoms with Gasteiger partial charge in [0.05, 0.1) is 12.3 Å². The first kappa shape index (κ1) is 14.0. The van der Waals surface area contributed by atoms with Crippen LogP contribution in [0.4, 0.5) is 0 Å². The first-order valence-electron chi connectivity index (χ1n) is 4.95. The number of thioether (sulfide) groups is 1. The van der Waals surface area contributed by atoms with E-state index in [9.17, 15) is 9.59 Å². The molecule has 0 aliphatic rings. The van der Waals surface area contributed by atoms with E-state index in [4.69, 9.17) is 10.8 Å². The number of nitrogens with two attached hydrogens (primary N) is 1. The first-order chi connectivity index (χ1) is 8.09. The van der Waals surface area contributed by atoms with Gasteiger partial charge in [0.1, 0.15) is 6.04 Å². The van der Waals surface area contributed by atoms with Crippen LogP contribution < -0.4 is 11.1 Å². The lowest BCUT2D eigenvalue weighted by molar-refractivity contribution is -0.138. The van der Waals surface area contributed by atoms with Gasteiger partial charge in [-0.1, -0.05) is 6.07 Å². The molecule has 0 fully saturated rings. The van der Waals surface area contributed by atoms with Crippen LogP contribution in [0.15, 0.2) is 17.5 Å². The maximum atomic E-state index is 11.4. The summed E-state index contributed by atoms with van der Waals surface area (Å²) in [6, 6.07) is 2.95. The Morgan fingerprint density at radius 1 is 1.59 bits per heavy atom. The zero-order chi connectivity index (χ0) is 12.7. The summed E-state index contributed by atoms with van der Waals surface area (Å²) >= 11 is 2.80. The molecule has 0 saturated heterocycles. The smallest absolute Gasteiger partial charge is 0.321 e. The van der Waals surface area contributed by atoms with Crippen LogP contribution in [0.25, 0.3) is 0 Å². The van der Waals surface area contributed by atoms with Gasteiger partial charge >= 0.3 is 5.97 Å². The van der Waals surface area contributed by atoms with E-state index >= 15 is 0 Å². The molecule has 1 aromatic heterocycles. The van der Waals surface area contributed by atoms with Crippen molar-refractivity contribution in [3.05, 3.63) is 22.4 Å². The maximum absolute atomic E-state index is 11.4. The predicted octanol–water partition coefficient (Wildman–Crippen LogP) is 0.509. The molecule has 7 heteroatoms. The van der Waals surface area contributed by atoms with Gasteiger partial charge in [0.25, 0.3) is 0 Å². The van der Waals surface area contributed by atoms with Crippen LogP contribution in [-0.4, -0.2) is 34.5 Å². The number of amides is 1. The molecule has 0 aliphatic heterocycles. The summed E-state index contributed by atoms with van der Waals surface area (Å²) in [7, 11) is 0. The highest BCUT2D eigenvalue weighted by molar-refractivity contribution is 8.00. The fraction of sp³-hybridized carbons (Fsp3) is 0.400. The summed E-state index contributed by atoms with van der Waals surface area (Å²) in [6.45, 7) is 0.516.